The second kappa shape index (κ2) is 7.83. The van der Waals surface area contributed by atoms with Crippen molar-refractivity contribution in [1.29, 1.82) is 0 Å². The number of rotatable bonds is 9. The molecule has 0 aliphatic carbocycles. The summed E-state index contributed by atoms with van der Waals surface area (Å²) in [6.07, 6.45) is 1.65. The van der Waals surface area contributed by atoms with Gasteiger partial charge >= 0.3 is 0 Å². The Balaban J connectivity index is 2.79. The number of hydrogen-bond acceptors (Lipinski definition) is 5. The molecule has 21 heavy (non-hydrogen) atoms. The average Bonchev–Trinajstić information content (AvgIpc) is 2.43. The van der Waals surface area contributed by atoms with Crippen molar-refractivity contribution in [2.45, 2.75) is 33.6 Å². The molecule has 0 saturated heterocycles. The van der Waals surface area contributed by atoms with Crippen molar-refractivity contribution in [2.24, 2.45) is 5.41 Å². The molecule has 1 rings (SSSR count). The number of non-ortho nitro benzene ring substituents is 1. The van der Waals surface area contributed by atoms with E-state index in [4.69, 9.17) is 5.11 Å². The van der Waals surface area contributed by atoms with Gasteiger partial charge in [0.1, 0.15) is 0 Å². The normalized spacial score (nSPS) is 11.2. The van der Waals surface area contributed by atoms with Crippen LogP contribution in [0.3, 0.4) is 0 Å². The largest absolute Gasteiger partial charge is 0.396 e. The maximum Gasteiger partial charge on any atom is 0.273 e. The highest BCUT2D eigenvalue weighted by molar-refractivity contribution is 5.63. The van der Waals surface area contributed by atoms with Gasteiger partial charge in [0.15, 0.2) is 0 Å². The highest BCUT2D eigenvalue weighted by Crippen LogP contribution is 2.27. The van der Waals surface area contributed by atoms with E-state index in [1.165, 1.54) is 6.07 Å². The molecule has 0 aromatic heterocycles. The lowest BCUT2D eigenvalue weighted by Crippen LogP contribution is -2.23. The molecule has 0 saturated carbocycles. The van der Waals surface area contributed by atoms with Crippen molar-refractivity contribution < 1.29 is 10.0 Å². The predicted octanol–water partition coefficient (Wildman–Crippen LogP) is 3.24. The first-order valence-corrected chi connectivity index (χ1v) is 7.26. The van der Waals surface area contributed by atoms with Crippen LogP contribution >= 0.6 is 0 Å². The topological polar surface area (TPSA) is 87.4 Å². The molecule has 0 unspecified atom stereocenters. The number of nitrogens with one attached hydrogen (secondary N) is 2. The molecule has 0 amide bonds. The number of anilines is 2. The van der Waals surface area contributed by atoms with Gasteiger partial charge in [0, 0.05) is 43.2 Å². The molecule has 0 heterocycles. The Kier molecular flexibility index (Phi) is 6.42. The van der Waals surface area contributed by atoms with Crippen LogP contribution in [0.4, 0.5) is 17.1 Å². The first kappa shape index (κ1) is 17.2. The second-order valence-corrected chi connectivity index (χ2v) is 5.90. The molecule has 0 bridgehead atoms. The fourth-order valence-corrected chi connectivity index (χ4v) is 2.11. The van der Waals surface area contributed by atoms with Crippen molar-refractivity contribution in [1.82, 2.24) is 0 Å². The molecule has 0 spiro atoms. The highest BCUT2D eigenvalue weighted by atomic mass is 16.6. The quantitative estimate of drug-likeness (QED) is 0.481. The van der Waals surface area contributed by atoms with E-state index in [-0.39, 0.29) is 22.6 Å². The van der Waals surface area contributed by atoms with Crippen LogP contribution in [0, 0.1) is 15.5 Å². The minimum Gasteiger partial charge on any atom is -0.396 e. The third-order valence-corrected chi connectivity index (χ3v) is 3.29. The molecule has 118 valence electrons. The van der Waals surface area contributed by atoms with E-state index in [0.29, 0.717) is 13.1 Å². The van der Waals surface area contributed by atoms with Crippen LogP contribution in [0.2, 0.25) is 0 Å². The molecule has 6 heteroatoms. The van der Waals surface area contributed by atoms with Gasteiger partial charge in [0.2, 0.25) is 0 Å². The SMILES string of the molecule is CCNc1cc(NCC(C)(C)CCCO)cc([N+](=O)[O-])c1. The summed E-state index contributed by atoms with van der Waals surface area (Å²) in [7, 11) is 0. The molecule has 0 aliphatic rings. The number of nitrogens with zero attached hydrogens (tertiary/aromatic N) is 1. The number of nitro groups is 1. The molecule has 1 aromatic rings. The summed E-state index contributed by atoms with van der Waals surface area (Å²) < 4.78 is 0. The smallest absolute Gasteiger partial charge is 0.273 e. The van der Waals surface area contributed by atoms with Crippen LogP contribution in [0.15, 0.2) is 18.2 Å². The lowest BCUT2D eigenvalue weighted by atomic mass is 9.88. The van der Waals surface area contributed by atoms with E-state index in [1.807, 2.05) is 13.0 Å². The summed E-state index contributed by atoms with van der Waals surface area (Å²) in [5, 5.41) is 26.2. The van der Waals surface area contributed by atoms with Crippen LogP contribution in [-0.4, -0.2) is 29.7 Å². The molecule has 6 nitrogen and oxygen atoms in total. The third kappa shape index (κ3) is 5.99. The summed E-state index contributed by atoms with van der Waals surface area (Å²) >= 11 is 0. The minimum atomic E-state index is -0.386. The molecular formula is C15H25N3O3. The van der Waals surface area contributed by atoms with E-state index in [2.05, 4.69) is 24.5 Å². The van der Waals surface area contributed by atoms with Gasteiger partial charge in [0.25, 0.3) is 5.69 Å². The summed E-state index contributed by atoms with van der Waals surface area (Å²) in [5.74, 6) is 0. The Morgan fingerprint density at radius 2 is 1.86 bits per heavy atom. The molecule has 0 radical (unpaired) electrons. The van der Waals surface area contributed by atoms with Gasteiger partial charge in [-0.05, 0) is 31.2 Å². The number of benzene rings is 1. The summed E-state index contributed by atoms with van der Waals surface area (Å²) in [4.78, 5) is 10.6. The third-order valence-electron chi connectivity index (χ3n) is 3.29. The number of nitro benzene ring substituents is 1. The standard InChI is InChI=1S/C15H25N3O3/c1-4-16-12-8-13(10-14(9-12)18(20)21)17-11-15(2,3)6-5-7-19/h8-10,16-17,19H,4-7,11H2,1-3H3. The van der Waals surface area contributed by atoms with E-state index < -0.39 is 0 Å². The summed E-state index contributed by atoms with van der Waals surface area (Å²) in [6, 6.07) is 4.95. The molecule has 0 aliphatic heterocycles. The maximum absolute atomic E-state index is 11.0. The maximum atomic E-state index is 11.0. The van der Waals surface area contributed by atoms with Gasteiger partial charge in [0.05, 0.1) is 4.92 Å². The van der Waals surface area contributed by atoms with E-state index in [0.717, 1.165) is 24.2 Å². The van der Waals surface area contributed by atoms with Gasteiger partial charge in [-0.15, -0.1) is 0 Å². The highest BCUT2D eigenvalue weighted by Gasteiger charge is 2.18. The molecule has 0 atom stereocenters. The van der Waals surface area contributed by atoms with Crippen molar-refractivity contribution in [3.05, 3.63) is 28.3 Å². The Morgan fingerprint density at radius 1 is 1.24 bits per heavy atom. The van der Waals surface area contributed by atoms with Gasteiger partial charge in [-0.3, -0.25) is 10.1 Å². The summed E-state index contributed by atoms with van der Waals surface area (Å²) in [5.41, 5.74) is 1.56. The number of aliphatic hydroxyl groups excluding tert-OH is 1. The lowest BCUT2D eigenvalue weighted by molar-refractivity contribution is -0.384. The zero-order valence-corrected chi connectivity index (χ0v) is 13.0. The second-order valence-electron chi connectivity index (χ2n) is 5.90. The van der Waals surface area contributed by atoms with Gasteiger partial charge < -0.3 is 15.7 Å². The first-order chi connectivity index (χ1) is 9.88. The van der Waals surface area contributed by atoms with Crippen LogP contribution in [0.25, 0.3) is 0 Å². The number of hydrogen-bond donors (Lipinski definition) is 3. The van der Waals surface area contributed by atoms with Gasteiger partial charge in [-0.25, -0.2) is 0 Å². The molecule has 1 aromatic carbocycles. The van der Waals surface area contributed by atoms with Crippen molar-refractivity contribution in [2.75, 3.05) is 30.3 Å². The Labute approximate surface area is 125 Å². The van der Waals surface area contributed by atoms with E-state index in [9.17, 15) is 10.1 Å². The monoisotopic (exact) mass is 295 g/mol. The zero-order valence-electron chi connectivity index (χ0n) is 13.0. The summed E-state index contributed by atoms with van der Waals surface area (Å²) in [6.45, 7) is 7.76. The fraction of sp³-hybridized carbons (Fsp3) is 0.600. The van der Waals surface area contributed by atoms with E-state index in [1.54, 1.807) is 6.07 Å². The zero-order chi connectivity index (χ0) is 15.9. The first-order valence-electron chi connectivity index (χ1n) is 7.26. The van der Waals surface area contributed by atoms with E-state index >= 15 is 0 Å². The van der Waals surface area contributed by atoms with Gasteiger partial charge in [-0.2, -0.15) is 0 Å². The van der Waals surface area contributed by atoms with Crippen molar-refractivity contribution >= 4 is 17.1 Å². The minimum absolute atomic E-state index is 0.0195. The molecular weight excluding hydrogens is 270 g/mol. The van der Waals surface area contributed by atoms with Crippen molar-refractivity contribution in [3.8, 4) is 0 Å². The number of aliphatic hydroxyl groups is 1. The Bertz CT molecular complexity index is 475. The molecule has 3 N–H and O–H groups in total. The van der Waals surface area contributed by atoms with Crippen LogP contribution < -0.4 is 10.6 Å². The van der Waals surface area contributed by atoms with Crippen LogP contribution in [0.5, 0.6) is 0 Å². The Morgan fingerprint density at radius 3 is 2.38 bits per heavy atom. The molecule has 0 fully saturated rings. The van der Waals surface area contributed by atoms with Crippen LogP contribution in [0.1, 0.15) is 33.6 Å². The lowest BCUT2D eigenvalue weighted by Gasteiger charge is -2.25. The van der Waals surface area contributed by atoms with Crippen molar-refractivity contribution in [3.63, 3.8) is 0 Å². The Hall–Kier alpha value is -1.82. The fourth-order valence-electron chi connectivity index (χ4n) is 2.11. The van der Waals surface area contributed by atoms with Gasteiger partial charge in [-0.1, -0.05) is 13.8 Å². The van der Waals surface area contributed by atoms with Crippen LogP contribution in [-0.2, 0) is 0 Å². The average molecular weight is 295 g/mol. The predicted molar refractivity (Wildman–Crippen MR) is 85.9 cm³/mol.